The van der Waals surface area contributed by atoms with Crippen LogP contribution in [0, 0.1) is 11.8 Å². The highest BCUT2D eigenvalue weighted by molar-refractivity contribution is 5.45. The molecule has 0 aliphatic rings. The number of methoxy groups -OCH3 is 4. The Morgan fingerprint density at radius 2 is 0.967 bits per heavy atom. The fourth-order valence-corrected chi connectivity index (χ4v) is 3.51. The molecule has 2 N–H and O–H groups in total. The van der Waals surface area contributed by atoms with Gasteiger partial charge in [0.25, 0.3) is 0 Å². The van der Waals surface area contributed by atoms with Crippen LogP contribution >= 0.6 is 0 Å². The Morgan fingerprint density at radius 3 is 1.23 bits per heavy atom. The lowest BCUT2D eigenvalue weighted by atomic mass is 9.79. The predicted molar refractivity (Wildman–Crippen MR) is 116 cm³/mol. The first-order chi connectivity index (χ1) is 14.4. The molecule has 0 saturated carbocycles. The zero-order valence-corrected chi connectivity index (χ0v) is 17.9. The van der Waals surface area contributed by atoms with Crippen LogP contribution in [0.4, 0.5) is 0 Å². The molecule has 30 heavy (non-hydrogen) atoms. The summed E-state index contributed by atoms with van der Waals surface area (Å²) in [5.74, 6) is 1.12. The zero-order chi connectivity index (χ0) is 22.3. The summed E-state index contributed by atoms with van der Waals surface area (Å²) in [5, 5.41) is 22.1. The van der Waals surface area contributed by atoms with Crippen LogP contribution in [0.25, 0.3) is 0 Å². The van der Waals surface area contributed by atoms with Crippen LogP contribution in [-0.4, -0.2) is 38.7 Å². The summed E-state index contributed by atoms with van der Waals surface area (Å²) in [6.45, 7) is 7.74. The average molecular weight is 414 g/mol. The van der Waals surface area contributed by atoms with Crippen molar-refractivity contribution in [2.45, 2.75) is 12.2 Å². The van der Waals surface area contributed by atoms with Crippen molar-refractivity contribution in [3.8, 4) is 23.0 Å². The van der Waals surface area contributed by atoms with Gasteiger partial charge in [-0.2, -0.15) is 0 Å². The molecule has 0 spiro atoms. The van der Waals surface area contributed by atoms with Crippen molar-refractivity contribution in [1.82, 2.24) is 0 Å². The number of rotatable bonds is 11. The Bertz CT molecular complexity index is 791. The number of hydrogen-bond donors (Lipinski definition) is 2. The Labute approximate surface area is 178 Å². The maximum absolute atomic E-state index is 11.1. The first-order valence-corrected chi connectivity index (χ1v) is 9.50. The monoisotopic (exact) mass is 414 g/mol. The molecule has 0 unspecified atom stereocenters. The van der Waals surface area contributed by atoms with Crippen LogP contribution < -0.4 is 18.9 Å². The van der Waals surface area contributed by atoms with Crippen molar-refractivity contribution in [1.29, 1.82) is 0 Å². The van der Waals surface area contributed by atoms with Crippen LogP contribution in [0.15, 0.2) is 61.7 Å². The smallest absolute Gasteiger partial charge is 0.161 e. The number of ether oxygens (including phenoxy) is 4. The minimum atomic E-state index is -0.944. The predicted octanol–water partition coefficient (Wildman–Crippen LogP) is 4.09. The van der Waals surface area contributed by atoms with Crippen molar-refractivity contribution >= 4 is 0 Å². The van der Waals surface area contributed by atoms with Crippen molar-refractivity contribution in [3.05, 3.63) is 72.8 Å². The van der Waals surface area contributed by atoms with Crippen molar-refractivity contribution in [3.63, 3.8) is 0 Å². The second kappa shape index (κ2) is 10.7. The summed E-state index contributed by atoms with van der Waals surface area (Å²) in [5.41, 5.74) is 1.23. The van der Waals surface area contributed by atoms with Gasteiger partial charge in [0.2, 0.25) is 0 Å². The summed E-state index contributed by atoms with van der Waals surface area (Å²) in [7, 11) is 6.17. The minimum Gasteiger partial charge on any atom is -0.493 e. The molecule has 6 nitrogen and oxygen atoms in total. The third-order valence-electron chi connectivity index (χ3n) is 5.22. The number of aliphatic hydroxyl groups is 2. The SMILES string of the molecule is C=C[C@H]([C@@H](C=C)[C@@H](O)c1ccc(OC)c(OC)c1)[C@H](O)c1ccc(OC)c(OC)c1. The van der Waals surface area contributed by atoms with Gasteiger partial charge in [0.1, 0.15) is 0 Å². The normalized spacial score (nSPS) is 14.7. The molecule has 162 valence electrons. The van der Waals surface area contributed by atoms with Gasteiger partial charge < -0.3 is 29.2 Å². The zero-order valence-electron chi connectivity index (χ0n) is 17.9. The molecular formula is C24H30O6. The molecule has 0 aliphatic carbocycles. The van der Waals surface area contributed by atoms with E-state index in [1.165, 1.54) is 14.2 Å². The van der Waals surface area contributed by atoms with Gasteiger partial charge in [-0.3, -0.25) is 0 Å². The maximum atomic E-state index is 11.1. The van der Waals surface area contributed by atoms with Crippen molar-refractivity contribution < 1.29 is 29.2 Å². The fourth-order valence-electron chi connectivity index (χ4n) is 3.51. The Morgan fingerprint density at radius 1 is 0.633 bits per heavy atom. The van der Waals surface area contributed by atoms with Gasteiger partial charge in [0, 0.05) is 11.8 Å². The minimum absolute atomic E-state index is 0.507. The van der Waals surface area contributed by atoms with Crippen LogP contribution in [0.5, 0.6) is 23.0 Å². The number of benzene rings is 2. The quantitative estimate of drug-likeness (QED) is 0.539. The Hall–Kier alpha value is -2.96. The first kappa shape index (κ1) is 23.3. The highest BCUT2D eigenvalue weighted by Crippen LogP contribution is 2.41. The Balaban J connectivity index is 2.37. The van der Waals surface area contributed by atoms with Gasteiger partial charge in [-0.1, -0.05) is 24.3 Å². The maximum Gasteiger partial charge on any atom is 0.161 e. The highest BCUT2D eigenvalue weighted by Gasteiger charge is 2.32. The van der Waals surface area contributed by atoms with E-state index < -0.39 is 24.0 Å². The molecule has 0 heterocycles. The van der Waals surface area contributed by atoms with Gasteiger partial charge in [0.05, 0.1) is 40.6 Å². The van der Waals surface area contributed by atoms with Crippen LogP contribution in [0.1, 0.15) is 23.3 Å². The molecule has 0 fully saturated rings. The van der Waals surface area contributed by atoms with Crippen LogP contribution in [0.3, 0.4) is 0 Å². The lowest BCUT2D eigenvalue weighted by Crippen LogP contribution is -2.24. The molecule has 0 bridgehead atoms. The van der Waals surface area contributed by atoms with Crippen LogP contribution in [0.2, 0.25) is 0 Å². The molecule has 6 heteroatoms. The molecule has 4 atom stereocenters. The lowest BCUT2D eigenvalue weighted by Gasteiger charge is -2.31. The van der Waals surface area contributed by atoms with E-state index >= 15 is 0 Å². The summed E-state index contributed by atoms with van der Waals surface area (Å²) in [4.78, 5) is 0. The first-order valence-electron chi connectivity index (χ1n) is 9.50. The average Bonchev–Trinajstić information content (AvgIpc) is 2.80. The van der Waals surface area contributed by atoms with Crippen LogP contribution in [-0.2, 0) is 0 Å². The second-order valence-corrected chi connectivity index (χ2v) is 6.74. The van der Waals surface area contributed by atoms with Gasteiger partial charge in [-0.05, 0) is 35.4 Å². The summed E-state index contributed by atoms with van der Waals surface area (Å²) in [6, 6.07) is 10.4. The standard InChI is InChI=1S/C24H30O6/c1-7-17(23(25)15-9-11-19(27-3)21(13-15)29-5)18(8-2)24(26)16-10-12-20(28-4)22(14-16)30-6/h7-14,17-18,23-26H,1-2H2,3-6H3/t17-,18-,23-,24+/m1/s1. The van der Waals surface area contributed by atoms with E-state index in [1.54, 1.807) is 62.8 Å². The molecule has 0 aromatic heterocycles. The highest BCUT2D eigenvalue weighted by atomic mass is 16.5. The summed E-state index contributed by atoms with van der Waals surface area (Å²) in [6.07, 6.45) is 1.36. The topological polar surface area (TPSA) is 77.4 Å². The molecule has 2 aromatic carbocycles. The van der Waals surface area contributed by atoms with Gasteiger partial charge in [0.15, 0.2) is 23.0 Å². The molecule has 2 aromatic rings. The van der Waals surface area contributed by atoms with Gasteiger partial charge >= 0.3 is 0 Å². The largest absolute Gasteiger partial charge is 0.493 e. The van der Waals surface area contributed by atoms with Gasteiger partial charge in [-0.25, -0.2) is 0 Å². The molecule has 2 rings (SSSR count). The summed E-state index contributed by atoms with van der Waals surface area (Å²) < 4.78 is 21.2. The van der Waals surface area contributed by atoms with E-state index in [0.717, 1.165) is 0 Å². The van der Waals surface area contributed by atoms with E-state index in [4.69, 9.17) is 18.9 Å². The van der Waals surface area contributed by atoms with Gasteiger partial charge in [-0.15, -0.1) is 13.2 Å². The molecule has 0 amide bonds. The van der Waals surface area contributed by atoms with E-state index in [1.807, 2.05) is 0 Å². The molecular weight excluding hydrogens is 384 g/mol. The second-order valence-electron chi connectivity index (χ2n) is 6.74. The number of aliphatic hydroxyl groups excluding tert-OH is 2. The van der Waals surface area contributed by atoms with E-state index in [2.05, 4.69) is 13.2 Å². The van der Waals surface area contributed by atoms with Crippen molar-refractivity contribution in [2.75, 3.05) is 28.4 Å². The molecule has 0 saturated heterocycles. The molecule has 0 radical (unpaired) electrons. The summed E-state index contributed by atoms with van der Waals surface area (Å²) >= 11 is 0. The number of hydrogen-bond acceptors (Lipinski definition) is 6. The lowest BCUT2D eigenvalue weighted by molar-refractivity contribution is 0.0464. The fraction of sp³-hybridized carbons (Fsp3) is 0.333. The van der Waals surface area contributed by atoms with E-state index in [9.17, 15) is 10.2 Å². The van der Waals surface area contributed by atoms with Crippen molar-refractivity contribution in [2.24, 2.45) is 11.8 Å². The van der Waals surface area contributed by atoms with E-state index in [-0.39, 0.29) is 0 Å². The van der Waals surface area contributed by atoms with E-state index in [0.29, 0.717) is 34.1 Å². The third kappa shape index (κ3) is 4.78. The Kier molecular flexibility index (Phi) is 8.33. The molecule has 0 aliphatic heterocycles. The third-order valence-corrected chi connectivity index (χ3v) is 5.22.